The molecule has 0 bridgehead atoms. The van der Waals surface area contributed by atoms with Crippen molar-refractivity contribution in [3.05, 3.63) is 95.7 Å². The Morgan fingerprint density at radius 1 is 1.00 bits per heavy atom. The van der Waals surface area contributed by atoms with Gasteiger partial charge < -0.3 is 14.6 Å². The number of para-hydroxylation sites is 1. The summed E-state index contributed by atoms with van der Waals surface area (Å²) >= 11 is 0. The van der Waals surface area contributed by atoms with Gasteiger partial charge in [-0.05, 0) is 55.2 Å². The summed E-state index contributed by atoms with van der Waals surface area (Å²) in [7, 11) is 0. The van der Waals surface area contributed by atoms with Crippen LogP contribution in [0.5, 0.6) is 5.75 Å². The first-order valence-corrected chi connectivity index (χ1v) is 10.7. The number of carbonyl (C=O) groups is 1. The summed E-state index contributed by atoms with van der Waals surface area (Å²) in [5.74, 6) is 0.789. The quantitative estimate of drug-likeness (QED) is 0.388. The summed E-state index contributed by atoms with van der Waals surface area (Å²) in [6.07, 6.45) is 2.84. The van der Waals surface area contributed by atoms with Crippen LogP contribution in [0.4, 0.5) is 5.69 Å². The maximum atomic E-state index is 13.1. The zero-order valence-electron chi connectivity index (χ0n) is 18.3. The molecule has 0 aliphatic rings. The van der Waals surface area contributed by atoms with Crippen molar-refractivity contribution in [3.63, 3.8) is 0 Å². The zero-order valence-corrected chi connectivity index (χ0v) is 18.3. The number of benzene rings is 3. The van der Waals surface area contributed by atoms with Crippen LogP contribution in [0.1, 0.15) is 36.6 Å². The second-order valence-electron chi connectivity index (χ2n) is 7.81. The van der Waals surface area contributed by atoms with E-state index in [1.165, 1.54) is 0 Å². The van der Waals surface area contributed by atoms with E-state index in [1.807, 2.05) is 91.3 Å². The summed E-state index contributed by atoms with van der Waals surface area (Å²) in [5, 5.41) is 4.16. The summed E-state index contributed by atoms with van der Waals surface area (Å²) < 4.78 is 8.09. The molecule has 4 nitrogen and oxygen atoms in total. The number of nitrogens with zero attached hydrogens (tertiary/aromatic N) is 1. The van der Waals surface area contributed by atoms with Gasteiger partial charge in [-0.2, -0.15) is 0 Å². The summed E-state index contributed by atoms with van der Waals surface area (Å²) in [6, 6.07) is 23.9. The number of hydrogen-bond acceptors (Lipinski definition) is 2. The standard InChI is InChI=1S/C27H28N2O2/c1-4-22-13-8-10-19(2)26(22)28-27(30)20(3)29-17-16-23-24(29)14-9-15-25(23)31-18-21-11-6-5-7-12-21/h5-17,20H,4,18H2,1-3H3,(H,28,30). The van der Waals surface area contributed by atoms with Gasteiger partial charge in [0.1, 0.15) is 18.4 Å². The first-order valence-electron chi connectivity index (χ1n) is 10.7. The molecule has 3 aromatic carbocycles. The Kier molecular flexibility index (Phi) is 6.08. The molecule has 0 aliphatic carbocycles. The van der Waals surface area contributed by atoms with E-state index in [9.17, 15) is 4.79 Å². The molecular weight excluding hydrogens is 384 g/mol. The molecule has 1 aromatic heterocycles. The van der Waals surface area contributed by atoms with Crippen molar-refractivity contribution in [2.24, 2.45) is 0 Å². The van der Waals surface area contributed by atoms with Crippen molar-refractivity contribution in [2.45, 2.75) is 39.8 Å². The predicted octanol–water partition coefficient (Wildman–Crippen LogP) is 6.29. The third-order valence-electron chi connectivity index (χ3n) is 5.75. The minimum Gasteiger partial charge on any atom is -0.488 e. The van der Waals surface area contributed by atoms with Crippen molar-refractivity contribution >= 4 is 22.5 Å². The van der Waals surface area contributed by atoms with Crippen LogP contribution >= 0.6 is 0 Å². The molecule has 1 amide bonds. The number of amides is 1. The summed E-state index contributed by atoms with van der Waals surface area (Å²) in [4.78, 5) is 13.1. The second-order valence-corrected chi connectivity index (χ2v) is 7.81. The SMILES string of the molecule is CCc1cccc(C)c1NC(=O)C(C)n1ccc2c(OCc3ccccc3)cccc21. The molecule has 0 saturated carbocycles. The van der Waals surface area contributed by atoms with E-state index in [-0.39, 0.29) is 11.9 Å². The monoisotopic (exact) mass is 412 g/mol. The van der Waals surface area contributed by atoms with Crippen LogP contribution < -0.4 is 10.1 Å². The van der Waals surface area contributed by atoms with E-state index >= 15 is 0 Å². The largest absolute Gasteiger partial charge is 0.488 e. The lowest BCUT2D eigenvalue weighted by atomic mass is 10.1. The van der Waals surface area contributed by atoms with Crippen LogP contribution in [0.15, 0.2) is 79.0 Å². The number of nitrogens with one attached hydrogen (secondary N) is 1. The van der Waals surface area contributed by atoms with Crippen LogP contribution in [0.3, 0.4) is 0 Å². The molecule has 0 spiro atoms. The molecule has 31 heavy (non-hydrogen) atoms. The Morgan fingerprint density at radius 2 is 1.77 bits per heavy atom. The molecule has 1 atom stereocenters. The lowest BCUT2D eigenvalue weighted by Crippen LogP contribution is -2.24. The molecule has 1 N–H and O–H groups in total. The molecule has 0 aliphatic heterocycles. The Balaban J connectivity index is 1.56. The van der Waals surface area contributed by atoms with E-state index in [1.54, 1.807) is 0 Å². The van der Waals surface area contributed by atoms with E-state index in [2.05, 4.69) is 18.3 Å². The number of carbonyl (C=O) groups excluding carboxylic acids is 1. The highest BCUT2D eigenvalue weighted by Crippen LogP contribution is 2.30. The van der Waals surface area contributed by atoms with Crippen molar-refractivity contribution < 1.29 is 9.53 Å². The lowest BCUT2D eigenvalue weighted by Gasteiger charge is -2.18. The minimum absolute atomic E-state index is 0.0305. The number of aryl methyl sites for hydroxylation is 2. The van der Waals surface area contributed by atoms with Gasteiger partial charge in [-0.3, -0.25) is 4.79 Å². The van der Waals surface area contributed by atoms with E-state index in [0.29, 0.717) is 6.61 Å². The van der Waals surface area contributed by atoms with Crippen LogP contribution in [-0.2, 0) is 17.8 Å². The second kappa shape index (κ2) is 9.09. The molecule has 0 radical (unpaired) electrons. The van der Waals surface area contributed by atoms with Gasteiger partial charge in [0, 0.05) is 17.3 Å². The van der Waals surface area contributed by atoms with Crippen molar-refractivity contribution in [3.8, 4) is 5.75 Å². The highest BCUT2D eigenvalue weighted by atomic mass is 16.5. The molecular formula is C27H28N2O2. The van der Waals surface area contributed by atoms with Gasteiger partial charge >= 0.3 is 0 Å². The average molecular weight is 413 g/mol. The summed E-state index contributed by atoms with van der Waals surface area (Å²) in [5.41, 5.74) is 5.25. The Hall–Kier alpha value is -3.53. The van der Waals surface area contributed by atoms with Gasteiger partial charge in [0.2, 0.25) is 5.91 Å². The van der Waals surface area contributed by atoms with Gasteiger partial charge in [0.25, 0.3) is 0 Å². The topological polar surface area (TPSA) is 43.3 Å². The van der Waals surface area contributed by atoms with Gasteiger partial charge in [0.15, 0.2) is 0 Å². The number of hydrogen-bond donors (Lipinski definition) is 1. The molecule has 4 rings (SSSR count). The molecule has 1 heterocycles. The first-order chi connectivity index (χ1) is 15.1. The maximum absolute atomic E-state index is 13.1. The normalized spacial score (nSPS) is 12.0. The van der Waals surface area contributed by atoms with Crippen molar-refractivity contribution in [2.75, 3.05) is 5.32 Å². The fourth-order valence-corrected chi connectivity index (χ4v) is 3.92. The van der Waals surface area contributed by atoms with E-state index in [4.69, 9.17) is 4.74 Å². The average Bonchev–Trinajstić information content (AvgIpc) is 3.24. The number of aromatic nitrogens is 1. The van der Waals surface area contributed by atoms with Gasteiger partial charge in [-0.1, -0.05) is 61.5 Å². The summed E-state index contributed by atoms with van der Waals surface area (Å²) in [6.45, 7) is 6.57. The number of ether oxygens (including phenoxy) is 1. The van der Waals surface area contributed by atoms with Crippen LogP contribution in [-0.4, -0.2) is 10.5 Å². The minimum atomic E-state index is -0.355. The fourth-order valence-electron chi connectivity index (χ4n) is 3.92. The van der Waals surface area contributed by atoms with Gasteiger partial charge in [-0.25, -0.2) is 0 Å². The van der Waals surface area contributed by atoms with Crippen LogP contribution in [0.2, 0.25) is 0 Å². The molecule has 4 heteroatoms. The Labute approximate surface area is 183 Å². The third kappa shape index (κ3) is 4.33. The van der Waals surface area contributed by atoms with Gasteiger partial charge in [-0.15, -0.1) is 0 Å². The first kappa shape index (κ1) is 20.7. The van der Waals surface area contributed by atoms with E-state index in [0.717, 1.165) is 45.5 Å². The van der Waals surface area contributed by atoms with Crippen LogP contribution in [0.25, 0.3) is 10.9 Å². The number of anilines is 1. The molecule has 4 aromatic rings. The Bertz CT molecular complexity index is 1190. The van der Waals surface area contributed by atoms with Crippen LogP contribution in [0, 0.1) is 6.92 Å². The highest BCUT2D eigenvalue weighted by molar-refractivity contribution is 5.96. The highest BCUT2D eigenvalue weighted by Gasteiger charge is 2.19. The molecule has 0 saturated heterocycles. The number of rotatable bonds is 7. The maximum Gasteiger partial charge on any atom is 0.247 e. The van der Waals surface area contributed by atoms with Gasteiger partial charge in [0.05, 0.1) is 5.52 Å². The van der Waals surface area contributed by atoms with Crippen molar-refractivity contribution in [1.82, 2.24) is 4.57 Å². The lowest BCUT2D eigenvalue weighted by molar-refractivity contribution is -0.118. The Morgan fingerprint density at radius 3 is 2.55 bits per heavy atom. The molecule has 1 unspecified atom stereocenters. The van der Waals surface area contributed by atoms with Crippen molar-refractivity contribution in [1.29, 1.82) is 0 Å². The fraction of sp³-hybridized carbons (Fsp3) is 0.222. The smallest absolute Gasteiger partial charge is 0.247 e. The predicted molar refractivity (Wildman–Crippen MR) is 127 cm³/mol. The zero-order chi connectivity index (χ0) is 21.8. The third-order valence-corrected chi connectivity index (χ3v) is 5.75. The van der Waals surface area contributed by atoms with E-state index < -0.39 is 0 Å². The number of fused-ring (bicyclic) bond motifs is 1. The molecule has 158 valence electrons. The molecule has 0 fully saturated rings.